The van der Waals surface area contributed by atoms with Gasteiger partial charge in [-0.3, -0.25) is 14.4 Å². The van der Waals surface area contributed by atoms with Gasteiger partial charge >= 0.3 is 0 Å². The molecule has 1 aromatic rings. The molecule has 1 N–H and O–H groups in total. The lowest BCUT2D eigenvalue weighted by molar-refractivity contribution is -0.137. The minimum Gasteiger partial charge on any atom is -0.484 e. The maximum absolute atomic E-state index is 12.1. The first-order chi connectivity index (χ1) is 10.5. The summed E-state index contributed by atoms with van der Waals surface area (Å²) in [6.45, 7) is 5.88. The number of likely N-dealkylation sites (N-methyl/N-ethyl adjacent to an activating group) is 2. The predicted molar refractivity (Wildman–Crippen MR) is 82.9 cm³/mol. The van der Waals surface area contributed by atoms with Crippen LogP contribution in [-0.4, -0.2) is 48.7 Å². The lowest BCUT2D eigenvalue weighted by Crippen LogP contribution is -2.42. The minimum atomic E-state index is -0.276. The second-order valence-corrected chi connectivity index (χ2v) is 4.73. The number of carbonyl (C=O) groups is 3. The van der Waals surface area contributed by atoms with Gasteiger partial charge in [-0.2, -0.15) is 0 Å². The molecule has 0 radical (unpaired) electrons. The summed E-state index contributed by atoms with van der Waals surface area (Å²) >= 11 is 0. The second kappa shape index (κ2) is 8.81. The molecule has 0 aromatic heterocycles. The highest BCUT2D eigenvalue weighted by Gasteiger charge is 2.15. The van der Waals surface area contributed by atoms with Crippen LogP contribution < -0.4 is 10.1 Å². The molecule has 0 aliphatic rings. The fourth-order valence-corrected chi connectivity index (χ4v) is 1.84. The first kappa shape index (κ1) is 17.7. The lowest BCUT2D eigenvalue weighted by atomic mass is 10.1. The summed E-state index contributed by atoms with van der Waals surface area (Å²) in [5.41, 5.74) is 0.527. The fourth-order valence-electron chi connectivity index (χ4n) is 1.84. The first-order valence-corrected chi connectivity index (χ1v) is 7.26. The van der Waals surface area contributed by atoms with E-state index in [1.165, 1.54) is 11.8 Å². The van der Waals surface area contributed by atoms with Gasteiger partial charge in [-0.1, -0.05) is 12.1 Å². The summed E-state index contributed by atoms with van der Waals surface area (Å²) < 4.78 is 5.41. The van der Waals surface area contributed by atoms with Crippen molar-refractivity contribution < 1.29 is 19.1 Å². The summed E-state index contributed by atoms with van der Waals surface area (Å²) in [6.07, 6.45) is 0. The van der Waals surface area contributed by atoms with Crippen molar-refractivity contribution in [3.05, 3.63) is 29.8 Å². The number of hydrogen-bond acceptors (Lipinski definition) is 4. The van der Waals surface area contributed by atoms with Gasteiger partial charge in [0.1, 0.15) is 5.75 Å². The van der Waals surface area contributed by atoms with Crippen LogP contribution in [0.4, 0.5) is 0 Å². The van der Waals surface area contributed by atoms with Crippen LogP contribution in [0.3, 0.4) is 0 Å². The van der Waals surface area contributed by atoms with Gasteiger partial charge in [-0.05, 0) is 32.9 Å². The van der Waals surface area contributed by atoms with Crippen LogP contribution in [0.5, 0.6) is 5.75 Å². The van der Waals surface area contributed by atoms with Crippen molar-refractivity contribution in [1.29, 1.82) is 0 Å². The Hall–Kier alpha value is -2.37. The smallest absolute Gasteiger partial charge is 0.260 e. The Morgan fingerprint density at radius 3 is 2.55 bits per heavy atom. The number of amides is 2. The third-order valence-corrected chi connectivity index (χ3v) is 3.05. The molecule has 120 valence electrons. The van der Waals surface area contributed by atoms with Crippen LogP contribution in [0.2, 0.25) is 0 Å². The van der Waals surface area contributed by atoms with E-state index in [1.807, 2.05) is 6.92 Å². The van der Waals surface area contributed by atoms with Crippen molar-refractivity contribution in [2.24, 2.45) is 0 Å². The number of Topliss-reactive ketones (excluding diaryl/α,β-unsaturated/α-hetero) is 1. The van der Waals surface area contributed by atoms with Crippen molar-refractivity contribution in [1.82, 2.24) is 10.2 Å². The summed E-state index contributed by atoms with van der Waals surface area (Å²) in [7, 11) is 0. The van der Waals surface area contributed by atoms with Crippen LogP contribution in [0.25, 0.3) is 0 Å². The molecule has 0 fully saturated rings. The molecule has 0 aliphatic carbocycles. The van der Waals surface area contributed by atoms with Gasteiger partial charge in [0.25, 0.3) is 5.91 Å². The molecule has 0 heterocycles. The van der Waals surface area contributed by atoms with Gasteiger partial charge < -0.3 is 15.0 Å². The highest BCUT2D eigenvalue weighted by Crippen LogP contribution is 2.13. The number of carbonyl (C=O) groups excluding carboxylic acids is 3. The molecule has 22 heavy (non-hydrogen) atoms. The van der Waals surface area contributed by atoms with Gasteiger partial charge in [-0.15, -0.1) is 0 Å². The van der Waals surface area contributed by atoms with Crippen LogP contribution in [0.15, 0.2) is 24.3 Å². The Kier molecular flexibility index (Phi) is 7.08. The number of hydrogen-bond donors (Lipinski definition) is 1. The zero-order valence-electron chi connectivity index (χ0n) is 13.2. The average molecular weight is 306 g/mol. The molecule has 2 amide bonds. The average Bonchev–Trinajstić information content (AvgIpc) is 2.50. The van der Waals surface area contributed by atoms with Gasteiger partial charge in [0.2, 0.25) is 5.91 Å². The molecule has 1 rings (SSSR count). The number of nitrogens with zero attached hydrogens (tertiary/aromatic N) is 1. The number of ketones is 1. The van der Waals surface area contributed by atoms with Crippen LogP contribution in [0, 0.1) is 0 Å². The molecule has 0 saturated carbocycles. The van der Waals surface area contributed by atoms with E-state index in [0.717, 1.165) is 0 Å². The molecule has 0 saturated heterocycles. The second-order valence-electron chi connectivity index (χ2n) is 4.73. The van der Waals surface area contributed by atoms with E-state index in [4.69, 9.17) is 4.74 Å². The highest BCUT2D eigenvalue weighted by molar-refractivity contribution is 5.94. The molecule has 0 aliphatic heterocycles. The van der Waals surface area contributed by atoms with Gasteiger partial charge in [0.05, 0.1) is 6.54 Å². The fraction of sp³-hybridized carbons (Fsp3) is 0.438. The van der Waals surface area contributed by atoms with E-state index in [9.17, 15) is 14.4 Å². The van der Waals surface area contributed by atoms with Crippen molar-refractivity contribution in [2.45, 2.75) is 20.8 Å². The molecular formula is C16H22N2O4. The van der Waals surface area contributed by atoms with E-state index >= 15 is 0 Å². The van der Waals surface area contributed by atoms with E-state index in [1.54, 1.807) is 31.2 Å². The molecule has 6 heteroatoms. The molecule has 0 spiro atoms. The normalized spacial score (nSPS) is 9.95. The Bertz CT molecular complexity index is 543. The van der Waals surface area contributed by atoms with E-state index in [-0.39, 0.29) is 30.7 Å². The Labute approximate surface area is 130 Å². The number of nitrogens with one attached hydrogen (secondary N) is 1. The summed E-state index contributed by atoms with van der Waals surface area (Å²) in [5, 5.41) is 2.65. The molecule has 0 unspecified atom stereocenters. The van der Waals surface area contributed by atoms with Gasteiger partial charge in [0.15, 0.2) is 12.4 Å². The Balaban J connectivity index is 2.58. The quantitative estimate of drug-likeness (QED) is 0.734. The van der Waals surface area contributed by atoms with E-state index in [0.29, 0.717) is 24.4 Å². The van der Waals surface area contributed by atoms with E-state index < -0.39 is 0 Å². The number of benzene rings is 1. The lowest BCUT2D eigenvalue weighted by Gasteiger charge is -2.20. The van der Waals surface area contributed by atoms with Gasteiger partial charge in [0, 0.05) is 18.7 Å². The van der Waals surface area contributed by atoms with Gasteiger partial charge in [-0.25, -0.2) is 0 Å². The molecule has 6 nitrogen and oxygen atoms in total. The van der Waals surface area contributed by atoms with Crippen molar-refractivity contribution in [2.75, 3.05) is 26.2 Å². The molecule has 0 atom stereocenters. The Morgan fingerprint density at radius 1 is 1.23 bits per heavy atom. The van der Waals surface area contributed by atoms with Crippen molar-refractivity contribution in [3.63, 3.8) is 0 Å². The monoisotopic (exact) mass is 306 g/mol. The van der Waals surface area contributed by atoms with E-state index in [2.05, 4.69) is 5.32 Å². The van der Waals surface area contributed by atoms with Crippen molar-refractivity contribution >= 4 is 17.6 Å². The minimum absolute atomic E-state index is 0.0139. The SMILES string of the molecule is CCNC(=O)CN(CC)C(=O)COc1cccc(C(C)=O)c1. The topological polar surface area (TPSA) is 75.7 Å². The largest absolute Gasteiger partial charge is 0.484 e. The standard InChI is InChI=1S/C16H22N2O4/c1-4-17-15(20)10-18(5-2)16(21)11-22-14-8-6-7-13(9-14)12(3)19/h6-9H,4-5,10-11H2,1-3H3,(H,17,20). The summed E-state index contributed by atoms with van der Waals surface area (Å²) in [5.74, 6) is -0.0865. The molecule has 1 aromatic carbocycles. The Morgan fingerprint density at radius 2 is 1.95 bits per heavy atom. The molecule has 0 bridgehead atoms. The molecular weight excluding hydrogens is 284 g/mol. The maximum atomic E-state index is 12.1. The van der Waals surface area contributed by atoms with Crippen molar-refractivity contribution in [3.8, 4) is 5.75 Å². The van der Waals surface area contributed by atoms with Crippen LogP contribution in [-0.2, 0) is 9.59 Å². The zero-order chi connectivity index (χ0) is 16.5. The third-order valence-electron chi connectivity index (χ3n) is 3.05. The predicted octanol–water partition coefficient (Wildman–Crippen LogP) is 1.25. The van der Waals surface area contributed by atoms with Crippen LogP contribution in [0.1, 0.15) is 31.1 Å². The summed E-state index contributed by atoms with van der Waals surface area (Å²) in [6, 6.07) is 6.66. The number of ether oxygens (including phenoxy) is 1. The first-order valence-electron chi connectivity index (χ1n) is 7.26. The zero-order valence-corrected chi connectivity index (χ0v) is 13.2. The summed E-state index contributed by atoms with van der Waals surface area (Å²) in [4.78, 5) is 36.3. The highest BCUT2D eigenvalue weighted by atomic mass is 16.5. The van der Waals surface area contributed by atoms with Crippen LogP contribution >= 0.6 is 0 Å². The number of rotatable bonds is 8. The maximum Gasteiger partial charge on any atom is 0.260 e. The third kappa shape index (κ3) is 5.55.